The van der Waals surface area contributed by atoms with E-state index in [0.717, 1.165) is 5.56 Å². The fourth-order valence-electron chi connectivity index (χ4n) is 1.51. The molecule has 1 atom stereocenters. The van der Waals surface area contributed by atoms with Gasteiger partial charge in [-0.1, -0.05) is 30.3 Å². The summed E-state index contributed by atoms with van der Waals surface area (Å²) in [6.45, 7) is 1.18. The van der Waals surface area contributed by atoms with E-state index in [2.05, 4.69) is 5.32 Å². The van der Waals surface area contributed by atoms with Gasteiger partial charge in [0, 0.05) is 0 Å². The molecule has 7 nitrogen and oxygen atoms in total. The maximum Gasteiger partial charge on any atom is 0.408 e. The van der Waals surface area contributed by atoms with Crippen LogP contribution in [0.5, 0.6) is 0 Å². The van der Waals surface area contributed by atoms with Crippen LogP contribution in [0.15, 0.2) is 30.3 Å². The first kappa shape index (κ1) is 15.5. The fourth-order valence-corrected chi connectivity index (χ4v) is 1.51. The van der Waals surface area contributed by atoms with E-state index in [-0.39, 0.29) is 6.61 Å². The van der Waals surface area contributed by atoms with Crippen molar-refractivity contribution in [1.82, 2.24) is 5.32 Å². The van der Waals surface area contributed by atoms with E-state index in [1.807, 2.05) is 6.07 Å². The molecule has 2 amide bonds. The van der Waals surface area contributed by atoms with E-state index >= 15 is 0 Å². The van der Waals surface area contributed by atoms with Gasteiger partial charge in [-0.25, -0.2) is 9.59 Å². The Morgan fingerprint density at radius 3 is 2.40 bits per heavy atom. The lowest BCUT2D eigenvalue weighted by molar-refractivity contribution is -0.146. The number of hydrogen-bond donors (Lipinski definition) is 3. The first-order chi connectivity index (χ1) is 9.33. The van der Waals surface area contributed by atoms with E-state index in [9.17, 15) is 14.4 Å². The van der Waals surface area contributed by atoms with Gasteiger partial charge in [-0.05, 0) is 12.5 Å². The molecule has 1 aromatic carbocycles. The number of aliphatic carboxylic acids is 1. The van der Waals surface area contributed by atoms with Crippen molar-refractivity contribution in [3.63, 3.8) is 0 Å². The van der Waals surface area contributed by atoms with Crippen molar-refractivity contribution in [3.8, 4) is 0 Å². The molecule has 7 heteroatoms. The summed E-state index contributed by atoms with van der Waals surface area (Å²) in [5.41, 5.74) is 3.93. The van der Waals surface area contributed by atoms with Crippen LogP contribution in [0.4, 0.5) is 4.79 Å². The van der Waals surface area contributed by atoms with Gasteiger partial charge in [0.25, 0.3) is 0 Å². The lowest BCUT2D eigenvalue weighted by atomic mass is 9.98. The monoisotopic (exact) mass is 280 g/mol. The van der Waals surface area contributed by atoms with Crippen LogP contribution in [0.25, 0.3) is 0 Å². The van der Waals surface area contributed by atoms with Crippen molar-refractivity contribution in [1.29, 1.82) is 0 Å². The molecule has 0 saturated carbocycles. The van der Waals surface area contributed by atoms with Crippen LogP contribution >= 0.6 is 0 Å². The molecule has 0 heterocycles. The van der Waals surface area contributed by atoms with Crippen LogP contribution in [-0.2, 0) is 20.9 Å². The van der Waals surface area contributed by atoms with Gasteiger partial charge in [0.15, 0.2) is 0 Å². The highest BCUT2D eigenvalue weighted by Gasteiger charge is 2.37. The SMILES string of the molecule is C[C@](CC(N)=O)(NC(=O)OCc1ccccc1)C(=O)O. The Morgan fingerprint density at radius 1 is 1.30 bits per heavy atom. The van der Waals surface area contributed by atoms with E-state index < -0.39 is 29.9 Å². The largest absolute Gasteiger partial charge is 0.479 e. The number of hydrogen-bond acceptors (Lipinski definition) is 4. The molecule has 1 rings (SSSR count). The fraction of sp³-hybridized carbons (Fsp3) is 0.308. The van der Waals surface area contributed by atoms with Crippen LogP contribution in [0.1, 0.15) is 18.9 Å². The van der Waals surface area contributed by atoms with Crippen LogP contribution < -0.4 is 11.1 Å². The number of carbonyl (C=O) groups excluding carboxylic acids is 2. The summed E-state index contributed by atoms with van der Waals surface area (Å²) in [5.74, 6) is -2.20. The number of rotatable bonds is 6. The lowest BCUT2D eigenvalue weighted by Gasteiger charge is -2.24. The number of carbonyl (C=O) groups is 3. The topological polar surface area (TPSA) is 119 Å². The number of carboxylic acid groups (broad SMARTS) is 1. The van der Waals surface area contributed by atoms with Gasteiger partial charge in [0.1, 0.15) is 12.1 Å². The van der Waals surface area contributed by atoms with E-state index in [1.54, 1.807) is 24.3 Å². The van der Waals surface area contributed by atoms with Crippen molar-refractivity contribution in [2.75, 3.05) is 0 Å². The molecular formula is C13H16N2O5. The number of carboxylic acids is 1. The molecule has 0 radical (unpaired) electrons. The number of primary amides is 1. The van der Waals surface area contributed by atoms with Gasteiger partial charge < -0.3 is 20.9 Å². The van der Waals surface area contributed by atoms with Gasteiger partial charge >= 0.3 is 12.1 Å². The summed E-state index contributed by atoms with van der Waals surface area (Å²) in [5, 5.41) is 11.2. The second kappa shape index (κ2) is 6.55. The number of amides is 2. The smallest absolute Gasteiger partial charge is 0.408 e. The Morgan fingerprint density at radius 2 is 1.90 bits per heavy atom. The third kappa shape index (κ3) is 4.60. The van der Waals surface area contributed by atoms with E-state index in [0.29, 0.717) is 0 Å². The normalized spacial score (nSPS) is 13.1. The Kier molecular flexibility index (Phi) is 5.08. The second-order valence-electron chi connectivity index (χ2n) is 4.47. The molecule has 20 heavy (non-hydrogen) atoms. The number of nitrogens with two attached hydrogens (primary N) is 1. The Labute approximate surface area is 115 Å². The number of nitrogens with one attached hydrogen (secondary N) is 1. The van der Waals surface area contributed by atoms with Crippen LogP contribution in [0.2, 0.25) is 0 Å². The van der Waals surface area contributed by atoms with Crippen molar-refractivity contribution >= 4 is 18.0 Å². The highest BCUT2D eigenvalue weighted by atomic mass is 16.5. The minimum absolute atomic E-state index is 0.00105. The average Bonchev–Trinajstić information content (AvgIpc) is 2.36. The molecule has 0 aliphatic carbocycles. The summed E-state index contributed by atoms with van der Waals surface area (Å²) in [7, 11) is 0. The molecule has 0 unspecified atom stereocenters. The highest BCUT2D eigenvalue weighted by Crippen LogP contribution is 2.10. The summed E-state index contributed by atoms with van der Waals surface area (Å²) >= 11 is 0. The number of ether oxygens (including phenoxy) is 1. The first-order valence-electron chi connectivity index (χ1n) is 5.84. The van der Waals surface area contributed by atoms with Gasteiger partial charge in [-0.15, -0.1) is 0 Å². The molecule has 0 spiro atoms. The quantitative estimate of drug-likeness (QED) is 0.706. The third-order valence-corrected chi connectivity index (χ3v) is 2.59. The zero-order chi connectivity index (χ0) is 15.2. The molecule has 0 saturated heterocycles. The van der Waals surface area contributed by atoms with Gasteiger partial charge in [-0.2, -0.15) is 0 Å². The summed E-state index contributed by atoms with van der Waals surface area (Å²) < 4.78 is 4.89. The zero-order valence-electron chi connectivity index (χ0n) is 11.0. The van der Waals surface area contributed by atoms with Crippen LogP contribution in [0, 0.1) is 0 Å². The summed E-state index contributed by atoms with van der Waals surface area (Å²) in [4.78, 5) is 33.5. The molecule has 0 aliphatic heterocycles. The maximum atomic E-state index is 11.6. The maximum absolute atomic E-state index is 11.6. The van der Waals surface area contributed by atoms with Gasteiger partial charge in [0.05, 0.1) is 6.42 Å². The minimum atomic E-state index is -1.79. The van der Waals surface area contributed by atoms with E-state index in [4.69, 9.17) is 15.6 Å². The highest BCUT2D eigenvalue weighted by molar-refractivity contribution is 5.89. The first-order valence-corrected chi connectivity index (χ1v) is 5.84. The molecule has 108 valence electrons. The predicted octanol–water partition coefficient (Wildman–Crippen LogP) is 0.631. The average molecular weight is 280 g/mol. The van der Waals surface area contributed by atoms with E-state index in [1.165, 1.54) is 6.92 Å². The van der Waals surface area contributed by atoms with Crippen molar-refractivity contribution < 1.29 is 24.2 Å². The molecule has 0 aliphatic rings. The zero-order valence-corrected chi connectivity index (χ0v) is 11.0. The molecule has 4 N–H and O–H groups in total. The standard InChI is InChI=1S/C13H16N2O5/c1-13(11(17)18,7-10(14)16)15-12(19)20-8-9-5-3-2-4-6-9/h2-6H,7-8H2,1H3,(H2,14,16)(H,15,19)(H,17,18)/t13-/m1/s1. The summed E-state index contributed by atoms with van der Waals surface area (Å²) in [6.07, 6.45) is -1.46. The third-order valence-electron chi connectivity index (χ3n) is 2.59. The molecular weight excluding hydrogens is 264 g/mol. The van der Waals surface area contributed by atoms with Gasteiger partial charge in [0.2, 0.25) is 5.91 Å². The Bertz CT molecular complexity index is 503. The van der Waals surface area contributed by atoms with Crippen molar-refractivity contribution in [2.45, 2.75) is 25.5 Å². The Balaban J connectivity index is 2.59. The Hall–Kier alpha value is -2.57. The molecule has 0 fully saturated rings. The summed E-state index contributed by atoms with van der Waals surface area (Å²) in [6, 6.07) is 8.90. The lowest BCUT2D eigenvalue weighted by Crippen LogP contribution is -2.54. The molecule has 0 aromatic heterocycles. The van der Waals surface area contributed by atoms with Crippen LogP contribution in [-0.4, -0.2) is 28.6 Å². The van der Waals surface area contributed by atoms with Crippen LogP contribution in [0.3, 0.4) is 0 Å². The molecule has 1 aromatic rings. The predicted molar refractivity (Wildman–Crippen MR) is 69.6 cm³/mol. The number of benzene rings is 1. The number of alkyl carbamates (subject to hydrolysis) is 1. The van der Waals surface area contributed by atoms with Crippen molar-refractivity contribution in [2.24, 2.45) is 5.73 Å². The minimum Gasteiger partial charge on any atom is -0.479 e. The molecule has 0 bridgehead atoms. The van der Waals surface area contributed by atoms with Crippen molar-refractivity contribution in [3.05, 3.63) is 35.9 Å². The second-order valence-corrected chi connectivity index (χ2v) is 4.47. The van der Waals surface area contributed by atoms with Gasteiger partial charge in [-0.3, -0.25) is 4.79 Å².